The minimum absolute atomic E-state index is 0.0244. The number of aryl methyl sites for hydroxylation is 2. The zero-order valence-corrected chi connectivity index (χ0v) is 13.0. The van der Waals surface area contributed by atoms with Crippen molar-refractivity contribution in [2.24, 2.45) is 7.05 Å². The number of rotatable bonds is 4. The van der Waals surface area contributed by atoms with Gasteiger partial charge in [0.25, 0.3) is 11.5 Å². The van der Waals surface area contributed by atoms with Crippen molar-refractivity contribution in [3.05, 3.63) is 63.1 Å². The molecule has 1 amide bonds. The first-order chi connectivity index (χ1) is 10.8. The predicted octanol–water partition coefficient (Wildman–Crippen LogP) is 0.953. The van der Waals surface area contributed by atoms with Gasteiger partial charge in [-0.25, -0.2) is 9.48 Å². The fourth-order valence-electron chi connectivity index (χ4n) is 2.19. The van der Waals surface area contributed by atoms with Crippen LogP contribution >= 0.6 is 0 Å². The number of aliphatic carboxylic acids is 1. The number of benzene rings is 1. The number of hydrogen-bond acceptors (Lipinski definition) is 4. The van der Waals surface area contributed by atoms with Crippen molar-refractivity contribution >= 4 is 11.9 Å². The van der Waals surface area contributed by atoms with E-state index in [0.29, 0.717) is 5.56 Å². The van der Waals surface area contributed by atoms with Gasteiger partial charge in [0.15, 0.2) is 6.04 Å². The molecule has 1 aromatic carbocycles. The quantitative estimate of drug-likeness (QED) is 0.875. The Hall–Kier alpha value is -2.96. The Morgan fingerprint density at radius 1 is 1.22 bits per heavy atom. The Kier molecular flexibility index (Phi) is 4.59. The highest BCUT2D eigenvalue weighted by atomic mass is 16.4. The lowest BCUT2D eigenvalue weighted by Crippen LogP contribution is -2.35. The van der Waals surface area contributed by atoms with Gasteiger partial charge in [-0.05, 0) is 36.6 Å². The van der Waals surface area contributed by atoms with Crippen LogP contribution in [0, 0.1) is 13.8 Å². The Morgan fingerprint density at radius 2 is 1.91 bits per heavy atom. The third-order valence-electron chi connectivity index (χ3n) is 3.67. The monoisotopic (exact) mass is 315 g/mol. The number of hydrogen-bond donors (Lipinski definition) is 2. The molecule has 1 heterocycles. The van der Waals surface area contributed by atoms with E-state index in [0.717, 1.165) is 15.8 Å². The topological polar surface area (TPSA) is 101 Å². The number of nitrogens with one attached hydrogen (secondary N) is 1. The zero-order valence-electron chi connectivity index (χ0n) is 13.0. The van der Waals surface area contributed by atoms with Crippen molar-refractivity contribution in [2.75, 3.05) is 0 Å². The first-order valence-corrected chi connectivity index (χ1v) is 6.95. The number of carbonyl (C=O) groups excluding carboxylic acids is 1. The number of amides is 1. The number of aromatic nitrogens is 2. The summed E-state index contributed by atoms with van der Waals surface area (Å²) in [5.41, 5.74) is 1.86. The lowest BCUT2D eigenvalue weighted by molar-refractivity contribution is -0.139. The lowest BCUT2D eigenvalue weighted by Gasteiger charge is -2.18. The van der Waals surface area contributed by atoms with Gasteiger partial charge in [-0.15, -0.1) is 0 Å². The molecule has 0 aliphatic carbocycles. The van der Waals surface area contributed by atoms with Gasteiger partial charge < -0.3 is 10.4 Å². The van der Waals surface area contributed by atoms with Crippen LogP contribution in [0.15, 0.2) is 35.1 Å². The van der Waals surface area contributed by atoms with Gasteiger partial charge in [0, 0.05) is 13.1 Å². The zero-order chi connectivity index (χ0) is 17.1. The van der Waals surface area contributed by atoms with E-state index in [2.05, 4.69) is 10.4 Å². The van der Waals surface area contributed by atoms with E-state index in [1.54, 1.807) is 19.1 Å². The summed E-state index contributed by atoms with van der Waals surface area (Å²) >= 11 is 0. The molecule has 120 valence electrons. The number of carboxylic acid groups (broad SMARTS) is 1. The summed E-state index contributed by atoms with van der Waals surface area (Å²) in [5, 5.41) is 15.7. The first-order valence-electron chi connectivity index (χ1n) is 6.95. The maximum absolute atomic E-state index is 12.2. The second-order valence-corrected chi connectivity index (χ2v) is 5.21. The maximum Gasteiger partial charge on any atom is 0.330 e. The van der Waals surface area contributed by atoms with Crippen molar-refractivity contribution in [3.8, 4) is 0 Å². The Labute approximate surface area is 132 Å². The van der Waals surface area contributed by atoms with Gasteiger partial charge in [-0.2, -0.15) is 5.10 Å². The molecule has 23 heavy (non-hydrogen) atoms. The molecule has 0 aliphatic rings. The molecule has 1 atom stereocenters. The van der Waals surface area contributed by atoms with Crippen LogP contribution in [0.3, 0.4) is 0 Å². The van der Waals surface area contributed by atoms with Crippen molar-refractivity contribution in [1.29, 1.82) is 0 Å². The van der Waals surface area contributed by atoms with Crippen molar-refractivity contribution in [1.82, 2.24) is 15.1 Å². The third-order valence-corrected chi connectivity index (χ3v) is 3.67. The summed E-state index contributed by atoms with van der Waals surface area (Å²) in [7, 11) is 1.42. The molecule has 0 aliphatic heterocycles. The van der Waals surface area contributed by atoms with Gasteiger partial charge in [0.2, 0.25) is 0 Å². The van der Waals surface area contributed by atoms with Crippen molar-refractivity contribution in [2.45, 2.75) is 19.9 Å². The highest BCUT2D eigenvalue weighted by molar-refractivity contribution is 5.95. The van der Waals surface area contributed by atoms with Crippen LogP contribution in [0.4, 0.5) is 0 Å². The average molecular weight is 315 g/mol. The molecule has 7 heteroatoms. The molecular weight excluding hydrogens is 298 g/mol. The molecule has 2 aromatic rings. The second-order valence-electron chi connectivity index (χ2n) is 5.21. The minimum Gasteiger partial charge on any atom is -0.479 e. The van der Waals surface area contributed by atoms with Crippen LogP contribution in [-0.4, -0.2) is 26.8 Å². The molecule has 2 N–H and O–H groups in total. The average Bonchev–Trinajstić information content (AvgIpc) is 2.50. The van der Waals surface area contributed by atoms with Crippen LogP contribution < -0.4 is 10.9 Å². The summed E-state index contributed by atoms with van der Waals surface area (Å²) in [5.74, 6) is -1.83. The molecule has 7 nitrogen and oxygen atoms in total. The van der Waals surface area contributed by atoms with Gasteiger partial charge in [-0.1, -0.05) is 18.2 Å². The highest BCUT2D eigenvalue weighted by Crippen LogP contribution is 2.21. The molecule has 0 saturated carbocycles. The van der Waals surface area contributed by atoms with Crippen LogP contribution in [0.5, 0.6) is 0 Å². The summed E-state index contributed by atoms with van der Waals surface area (Å²) in [4.78, 5) is 35.1. The second kappa shape index (κ2) is 6.43. The molecule has 0 spiro atoms. The highest BCUT2D eigenvalue weighted by Gasteiger charge is 2.25. The Morgan fingerprint density at radius 3 is 2.52 bits per heavy atom. The largest absolute Gasteiger partial charge is 0.479 e. The smallest absolute Gasteiger partial charge is 0.330 e. The lowest BCUT2D eigenvalue weighted by atomic mass is 9.97. The first kappa shape index (κ1) is 16.4. The molecule has 0 bridgehead atoms. The van der Waals surface area contributed by atoms with Crippen molar-refractivity contribution in [3.63, 3.8) is 0 Å². The van der Waals surface area contributed by atoms with E-state index in [4.69, 9.17) is 0 Å². The summed E-state index contributed by atoms with van der Waals surface area (Å²) in [6, 6.07) is 6.55. The SMILES string of the molecule is Cc1cccc(C(NC(=O)c2ccc(=O)n(C)n2)C(=O)O)c1C. The maximum atomic E-state index is 12.2. The molecule has 2 rings (SSSR count). The fraction of sp³-hybridized carbons (Fsp3) is 0.250. The van der Waals surface area contributed by atoms with E-state index in [-0.39, 0.29) is 11.3 Å². The molecule has 1 unspecified atom stereocenters. The van der Waals surface area contributed by atoms with E-state index in [1.165, 1.54) is 19.2 Å². The number of carboxylic acids is 1. The minimum atomic E-state index is -1.19. The number of nitrogens with zero attached hydrogens (tertiary/aromatic N) is 2. The molecular formula is C16H17N3O4. The van der Waals surface area contributed by atoms with E-state index >= 15 is 0 Å². The fourth-order valence-corrected chi connectivity index (χ4v) is 2.19. The van der Waals surface area contributed by atoms with Gasteiger partial charge >= 0.3 is 5.97 Å². The molecule has 0 fully saturated rings. The summed E-state index contributed by atoms with van der Waals surface area (Å²) in [6.07, 6.45) is 0. The van der Waals surface area contributed by atoms with Crippen LogP contribution in [0.2, 0.25) is 0 Å². The van der Waals surface area contributed by atoms with Crippen LogP contribution in [0.1, 0.15) is 33.2 Å². The van der Waals surface area contributed by atoms with E-state index in [1.807, 2.05) is 13.0 Å². The molecule has 1 aromatic heterocycles. The van der Waals surface area contributed by atoms with Crippen molar-refractivity contribution < 1.29 is 14.7 Å². The summed E-state index contributed by atoms with van der Waals surface area (Å²) < 4.78 is 1.02. The van der Waals surface area contributed by atoms with Gasteiger partial charge in [0.1, 0.15) is 5.69 Å². The standard InChI is InChI=1S/C16H17N3O4/c1-9-5-4-6-11(10(9)2)14(16(22)23)17-15(21)12-7-8-13(20)19(3)18-12/h4-8,14H,1-3H3,(H,17,21)(H,22,23). The molecule has 0 radical (unpaired) electrons. The Balaban J connectivity index is 2.34. The van der Waals surface area contributed by atoms with E-state index < -0.39 is 17.9 Å². The predicted molar refractivity (Wildman–Crippen MR) is 83.2 cm³/mol. The van der Waals surface area contributed by atoms with Gasteiger partial charge in [-0.3, -0.25) is 9.59 Å². The van der Waals surface area contributed by atoms with Gasteiger partial charge in [0.05, 0.1) is 0 Å². The Bertz CT molecular complexity index is 826. The normalized spacial score (nSPS) is 11.8. The van der Waals surface area contributed by atoms with Crippen LogP contribution in [-0.2, 0) is 11.8 Å². The third kappa shape index (κ3) is 3.45. The van der Waals surface area contributed by atoms with Crippen LogP contribution in [0.25, 0.3) is 0 Å². The number of carbonyl (C=O) groups is 2. The summed E-state index contributed by atoms with van der Waals surface area (Å²) in [6.45, 7) is 3.67. The molecule has 0 saturated heterocycles. The van der Waals surface area contributed by atoms with E-state index in [9.17, 15) is 19.5 Å².